The number of phenolic OH excluding ortho intramolecular Hbond substituents is 2. The molecule has 3 aromatic rings. The summed E-state index contributed by atoms with van der Waals surface area (Å²) in [4.78, 5) is 24.4. The third-order valence-corrected chi connectivity index (χ3v) is 6.93. The number of hydrogen-bond acceptors (Lipinski definition) is 8. The molecular formula is C26H28O8S. The van der Waals surface area contributed by atoms with Gasteiger partial charge in [-0.15, -0.1) is 0 Å². The molecule has 0 atom stereocenters. The first-order valence-corrected chi connectivity index (χ1v) is 12.6. The van der Waals surface area contributed by atoms with Crippen LogP contribution in [-0.2, 0) is 19.3 Å². The minimum atomic E-state index is -4.64. The summed E-state index contributed by atoms with van der Waals surface area (Å²) >= 11 is 0. The number of fused-ring (bicyclic) bond motifs is 1. The van der Waals surface area contributed by atoms with Gasteiger partial charge in [0, 0.05) is 5.39 Å². The highest BCUT2D eigenvalue weighted by atomic mass is 32.2. The molecule has 9 heteroatoms. The largest absolute Gasteiger partial charge is 0.507 e. The lowest BCUT2D eigenvalue weighted by Crippen LogP contribution is -2.18. The Morgan fingerprint density at radius 2 is 1.43 bits per heavy atom. The van der Waals surface area contributed by atoms with Crippen LogP contribution < -0.4 is 0 Å². The maximum absolute atomic E-state index is 13.9. The summed E-state index contributed by atoms with van der Waals surface area (Å²) in [6.07, 6.45) is 0. The Bertz CT molecular complexity index is 1370. The van der Waals surface area contributed by atoms with E-state index < -0.39 is 49.3 Å². The van der Waals surface area contributed by atoms with Crippen LogP contribution in [-0.4, -0.2) is 43.8 Å². The van der Waals surface area contributed by atoms with E-state index >= 15 is 0 Å². The third-order valence-electron chi connectivity index (χ3n) is 5.06. The van der Waals surface area contributed by atoms with Gasteiger partial charge >= 0.3 is 11.9 Å². The van der Waals surface area contributed by atoms with Crippen LogP contribution in [0.25, 0.3) is 10.8 Å². The topological polar surface area (TPSA) is 127 Å². The lowest BCUT2D eigenvalue weighted by molar-refractivity contribution is 0.0434. The van der Waals surface area contributed by atoms with E-state index in [0.29, 0.717) is 10.8 Å². The molecular weight excluding hydrogens is 472 g/mol. The quantitative estimate of drug-likeness (QED) is 0.336. The van der Waals surface area contributed by atoms with Crippen molar-refractivity contribution in [2.24, 2.45) is 11.8 Å². The summed E-state index contributed by atoms with van der Waals surface area (Å²) in [5, 5.41) is 22.7. The van der Waals surface area contributed by atoms with Gasteiger partial charge in [-0.05, 0) is 29.4 Å². The van der Waals surface area contributed by atoms with Crippen molar-refractivity contribution in [1.82, 2.24) is 0 Å². The summed E-state index contributed by atoms with van der Waals surface area (Å²) < 4.78 is 38.1. The molecule has 0 unspecified atom stereocenters. The number of carbonyl (C=O) groups is 2. The number of hydrogen-bond donors (Lipinski definition) is 2. The molecule has 0 saturated heterocycles. The Morgan fingerprint density at radius 3 is 2.06 bits per heavy atom. The Labute approximate surface area is 204 Å². The van der Waals surface area contributed by atoms with Crippen LogP contribution in [0.5, 0.6) is 11.5 Å². The van der Waals surface area contributed by atoms with Crippen molar-refractivity contribution in [1.29, 1.82) is 0 Å². The second kappa shape index (κ2) is 10.4. The minimum Gasteiger partial charge on any atom is -0.507 e. The second-order valence-electron chi connectivity index (χ2n) is 8.96. The Hall–Kier alpha value is -3.59. The van der Waals surface area contributed by atoms with Crippen LogP contribution in [0.1, 0.15) is 48.4 Å². The minimum absolute atomic E-state index is 0.00260. The van der Waals surface area contributed by atoms with Crippen molar-refractivity contribution < 1.29 is 37.7 Å². The molecule has 0 saturated carbocycles. The van der Waals surface area contributed by atoms with Gasteiger partial charge in [-0.1, -0.05) is 64.1 Å². The second-order valence-corrected chi connectivity index (χ2v) is 10.8. The van der Waals surface area contributed by atoms with Gasteiger partial charge in [0.25, 0.3) is 0 Å². The van der Waals surface area contributed by atoms with E-state index in [4.69, 9.17) is 9.47 Å². The van der Waals surface area contributed by atoms with E-state index in [2.05, 4.69) is 0 Å². The van der Waals surface area contributed by atoms with Crippen molar-refractivity contribution in [3.63, 3.8) is 0 Å². The van der Waals surface area contributed by atoms with Crippen molar-refractivity contribution in [3.05, 3.63) is 59.7 Å². The maximum Gasteiger partial charge on any atom is 0.343 e. The SMILES string of the molecule is CC(C)COC(=O)c1cc(O)c(C(=O)OCC(C)C)c(S(=O)(=O)c2cccc3ccccc23)c1O. The Kier molecular flexibility index (Phi) is 7.70. The first-order chi connectivity index (χ1) is 16.4. The summed E-state index contributed by atoms with van der Waals surface area (Å²) in [6, 6.07) is 12.0. The number of esters is 2. The lowest BCUT2D eigenvalue weighted by atomic mass is 10.1. The van der Waals surface area contributed by atoms with Crippen LogP contribution in [0.3, 0.4) is 0 Å². The van der Waals surface area contributed by atoms with Crippen molar-refractivity contribution in [3.8, 4) is 11.5 Å². The molecule has 0 spiro atoms. The van der Waals surface area contributed by atoms with Crippen molar-refractivity contribution >= 4 is 32.5 Å². The normalized spacial score (nSPS) is 11.7. The predicted octanol–water partition coefficient (Wildman–Crippen LogP) is 4.71. The van der Waals surface area contributed by atoms with E-state index in [1.165, 1.54) is 12.1 Å². The van der Waals surface area contributed by atoms with E-state index in [1.54, 1.807) is 58.0 Å². The van der Waals surface area contributed by atoms with Gasteiger partial charge < -0.3 is 19.7 Å². The Balaban J connectivity index is 2.30. The monoisotopic (exact) mass is 500 g/mol. The highest BCUT2D eigenvalue weighted by Crippen LogP contribution is 2.41. The third kappa shape index (κ3) is 5.40. The predicted molar refractivity (Wildman–Crippen MR) is 129 cm³/mol. The maximum atomic E-state index is 13.9. The van der Waals surface area contributed by atoms with Crippen LogP contribution in [0.15, 0.2) is 58.3 Å². The van der Waals surface area contributed by atoms with Crippen molar-refractivity contribution in [2.45, 2.75) is 37.5 Å². The van der Waals surface area contributed by atoms with Gasteiger partial charge in [-0.3, -0.25) is 0 Å². The molecule has 2 N–H and O–H groups in total. The average molecular weight is 501 g/mol. The average Bonchev–Trinajstić information content (AvgIpc) is 2.81. The van der Waals surface area contributed by atoms with Gasteiger partial charge in [-0.25, -0.2) is 18.0 Å². The van der Waals surface area contributed by atoms with E-state index in [0.717, 1.165) is 6.07 Å². The molecule has 0 heterocycles. The summed E-state index contributed by atoms with van der Waals surface area (Å²) in [5.74, 6) is -4.11. The van der Waals surface area contributed by atoms with Gasteiger partial charge in [0.15, 0.2) is 0 Å². The highest BCUT2D eigenvalue weighted by molar-refractivity contribution is 7.92. The van der Waals surface area contributed by atoms with Crippen LogP contribution >= 0.6 is 0 Å². The van der Waals surface area contributed by atoms with Crippen LogP contribution in [0.4, 0.5) is 0 Å². The summed E-state index contributed by atoms with van der Waals surface area (Å²) in [7, 11) is -4.64. The van der Waals surface area contributed by atoms with Gasteiger partial charge in [0.2, 0.25) is 9.84 Å². The number of sulfone groups is 1. The van der Waals surface area contributed by atoms with Crippen molar-refractivity contribution in [2.75, 3.05) is 13.2 Å². The number of carbonyl (C=O) groups excluding carboxylic acids is 2. The molecule has 3 rings (SSSR count). The van der Waals surface area contributed by atoms with E-state index in [-0.39, 0.29) is 29.9 Å². The number of phenols is 2. The fraction of sp³-hybridized carbons (Fsp3) is 0.308. The number of rotatable bonds is 8. The van der Waals surface area contributed by atoms with Gasteiger partial charge in [0.1, 0.15) is 27.5 Å². The number of aromatic hydroxyl groups is 2. The Morgan fingerprint density at radius 1 is 0.857 bits per heavy atom. The molecule has 0 fully saturated rings. The first kappa shape index (κ1) is 26.0. The lowest BCUT2D eigenvalue weighted by Gasteiger charge is -2.18. The number of ether oxygens (including phenoxy) is 2. The van der Waals surface area contributed by atoms with Gasteiger partial charge in [-0.2, -0.15) is 0 Å². The number of benzene rings is 3. The molecule has 0 bridgehead atoms. The smallest absolute Gasteiger partial charge is 0.343 e. The highest BCUT2D eigenvalue weighted by Gasteiger charge is 2.36. The molecule has 0 radical (unpaired) electrons. The molecule has 35 heavy (non-hydrogen) atoms. The zero-order valence-electron chi connectivity index (χ0n) is 19.9. The van der Waals surface area contributed by atoms with E-state index in [1.807, 2.05) is 0 Å². The fourth-order valence-electron chi connectivity index (χ4n) is 3.42. The van der Waals surface area contributed by atoms with E-state index in [9.17, 15) is 28.2 Å². The molecule has 186 valence electrons. The zero-order chi connectivity index (χ0) is 25.9. The molecule has 0 aliphatic heterocycles. The standard InChI is InChI=1S/C26H28O8S/c1-15(2)13-33-25(29)19-12-20(27)22(26(30)34-14-16(3)4)24(23(19)28)35(31,32)21-11-7-9-17-8-5-6-10-18(17)21/h5-12,15-16,27-28H,13-14H2,1-4H3. The van der Waals surface area contributed by atoms with Crippen LogP contribution in [0.2, 0.25) is 0 Å². The molecule has 8 nitrogen and oxygen atoms in total. The first-order valence-electron chi connectivity index (χ1n) is 11.1. The zero-order valence-corrected chi connectivity index (χ0v) is 20.8. The van der Waals surface area contributed by atoms with Gasteiger partial charge in [0.05, 0.1) is 18.1 Å². The molecule has 0 aliphatic carbocycles. The fourth-order valence-corrected chi connectivity index (χ4v) is 5.20. The van der Waals surface area contributed by atoms with Crippen LogP contribution in [0, 0.1) is 11.8 Å². The molecule has 0 aromatic heterocycles. The molecule has 0 aliphatic rings. The summed E-state index contributed by atoms with van der Waals surface area (Å²) in [6.45, 7) is 7.12. The summed E-state index contributed by atoms with van der Waals surface area (Å²) in [5.41, 5.74) is -1.33. The molecule has 0 amide bonds. The molecule has 3 aromatic carbocycles.